The zero-order chi connectivity index (χ0) is 22.9. The molecule has 1 N–H and O–H groups in total. The van der Waals surface area contributed by atoms with Crippen molar-refractivity contribution >= 4 is 38.7 Å². The molecule has 4 aromatic rings. The van der Waals surface area contributed by atoms with Crippen molar-refractivity contribution in [3.63, 3.8) is 0 Å². The van der Waals surface area contributed by atoms with E-state index in [0.717, 1.165) is 67.6 Å². The van der Waals surface area contributed by atoms with Crippen molar-refractivity contribution in [2.45, 2.75) is 31.7 Å². The van der Waals surface area contributed by atoms with Crippen LogP contribution >= 0.6 is 22.7 Å². The Kier molecular flexibility index (Phi) is 6.30. The van der Waals surface area contributed by atoms with Crippen LogP contribution in [0.2, 0.25) is 0 Å². The smallest absolute Gasteiger partial charge is 0.164 e. The minimum Gasteiger partial charge on any atom is -0.367 e. The molecule has 0 radical (unpaired) electrons. The Morgan fingerprint density at radius 3 is 2.74 bits per heavy atom. The van der Waals surface area contributed by atoms with Crippen molar-refractivity contribution in [3.05, 3.63) is 57.4 Å². The summed E-state index contributed by atoms with van der Waals surface area (Å²) in [5.41, 5.74) is 2.44. The molecule has 6 rings (SSSR count). The summed E-state index contributed by atoms with van der Waals surface area (Å²) in [6.45, 7) is 5.25. The molecule has 4 aromatic heterocycles. The first-order chi connectivity index (χ1) is 16.8. The molecule has 5 heterocycles. The number of piperazine rings is 1. The number of aryl methyl sites for hydroxylation is 2. The SMILES string of the molecule is CN1CCN(C(CNc2nc(-c3cccnc3)nc3sc4c(c23)CCCC4)c2cccs2)CC1. The lowest BCUT2D eigenvalue weighted by Gasteiger charge is -2.37. The number of rotatable bonds is 6. The third kappa shape index (κ3) is 4.35. The highest BCUT2D eigenvalue weighted by molar-refractivity contribution is 7.19. The van der Waals surface area contributed by atoms with Crippen molar-refractivity contribution in [2.75, 3.05) is 45.1 Å². The first-order valence-electron chi connectivity index (χ1n) is 12.2. The van der Waals surface area contributed by atoms with Gasteiger partial charge in [-0.05, 0) is 61.9 Å². The third-order valence-electron chi connectivity index (χ3n) is 7.05. The zero-order valence-electron chi connectivity index (χ0n) is 19.5. The average molecular weight is 491 g/mol. The first kappa shape index (κ1) is 22.1. The number of aromatic nitrogens is 3. The van der Waals surface area contributed by atoms with E-state index in [1.165, 1.54) is 33.5 Å². The number of anilines is 1. The lowest BCUT2D eigenvalue weighted by Crippen LogP contribution is -2.47. The molecule has 34 heavy (non-hydrogen) atoms. The highest BCUT2D eigenvalue weighted by Gasteiger charge is 2.26. The Balaban J connectivity index is 1.37. The average Bonchev–Trinajstić information content (AvgIpc) is 3.54. The molecule has 0 saturated carbocycles. The van der Waals surface area contributed by atoms with Crippen LogP contribution in [0.3, 0.4) is 0 Å². The molecular weight excluding hydrogens is 460 g/mol. The van der Waals surface area contributed by atoms with E-state index in [1.54, 1.807) is 6.20 Å². The van der Waals surface area contributed by atoms with Gasteiger partial charge in [-0.2, -0.15) is 0 Å². The van der Waals surface area contributed by atoms with Gasteiger partial charge in [-0.3, -0.25) is 9.88 Å². The summed E-state index contributed by atoms with van der Waals surface area (Å²) < 4.78 is 0. The minimum atomic E-state index is 0.343. The van der Waals surface area contributed by atoms with Crippen LogP contribution in [-0.4, -0.2) is 64.5 Å². The Labute approximate surface area is 208 Å². The van der Waals surface area contributed by atoms with Crippen molar-refractivity contribution < 1.29 is 0 Å². The van der Waals surface area contributed by atoms with Crippen LogP contribution in [0.15, 0.2) is 42.0 Å². The number of pyridine rings is 1. The highest BCUT2D eigenvalue weighted by Crippen LogP contribution is 2.40. The zero-order valence-corrected chi connectivity index (χ0v) is 21.2. The maximum Gasteiger partial charge on any atom is 0.164 e. The van der Waals surface area contributed by atoms with Crippen molar-refractivity contribution in [1.29, 1.82) is 0 Å². The summed E-state index contributed by atoms with van der Waals surface area (Å²) in [4.78, 5) is 23.5. The largest absolute Gasteiger partial charge is 0.367 e. The summed E-state index contributed by atoms with van der Waals surface area (Å²) >= 11 is 3.71. The van der Waals surface area contributed by atoms with Crippen LogP contribution in [0.5, 0.6) is 0 Å². The number of hydrogen-bond donors (Lipinski definition) is 1. The molecule has 1 atom stereocenters. The van der Waals surface area contributed by atoms with Crippen molar-refractivity contribution in [3.8, 4) is 11.4 Å². The van der Waals surface area contributed by atoms with Crippen LogP contribution in [0.1, 0.15) is 34.2 Å². The van der Waals surface area contributed by atoms with E-state index in [9.17, 15) is 0 Å². The van der Waals surface area contributed by atoms with Gasteiger partial charge in [0.1, 0.15) is 10.6 Å². The Morgan fingerprint density at radius 2 is 1.94 bits per heavy atom. The fourth-order valence-corrected chi connectivity index (χ4v) is 7.25. The molecule has 0 amide bonds. The van der Waals surface area contributed by atoms with Gasteiger partial charge in [0.15, 0.2) is 5.82 Å². The van der Waals surface area contributed by atoms with E-state index in [0.29, 0.717) is 6.04 Å². The standard InChI is InChI=1S/C26H30N6S2/c1-31-11-13-32(14-12-31)20(22-9-5-15-33-22)17-28-25-23-19-7-2-3-8-21(19)34-26(23)30-24(29-25)18-6-4-10-27-16-18/h4-6,9-10,15-16,20H,2-3,7-8,11-14,17H2,1H3,(H,28,29,30). The highest BCUT2D eigenvalue weighted by atomic mass is 32.1. The molecule has 1 unspecified atom stereocenters. The van der Waals surface area contributed by atoms with E-state index in [-0.39, 0.29) is 0 Å². The maximum absolute atomic E-state index is 5.08. The van der Waals surface area contributed by atoms with Crippen LogP contribution in [0.25, 0.3) is 21.6 Å². The monoisotopic (exact) mass is 490 g/mol. The van der Waals surface area contributed by atoms with Crippen LogP contribution in [0, 0.1) is 0 Å². The molecule has 2 aliphatic rings. The quantitative estimate of drug-likeness (QED) is 0.406. The maximum atomic E-state index is 5.08. The number of nitrogens with zero attached hydrogens (tertiary/aromatic N) is 5. The van der Waals surface area contributed by atoms with Crippen LogP contribution < -0.4 is 5.32 Å². The molecule has 1 fully saturated rings. The number of likely N-dealkylation sites (N-methyl/N-ethyl adjacent to an activating group) is 1. The predicted molar refractivity (Wildman–Crippen MR) is 142 cm³/mol. The third-order valence-corrected chi connectivity index (χ3v) is 9.21. The molecule has 1 aliphatic carbocycles. The molecule has 0 bridgehead atoms. The fraction of sp³-hybridized carbons (Fsp3) is 0.423. The second-order valence-electron chi connectivity index (χ2n) is 9.28. The van der Waals surface area contributed by atoms with Gasteiger partial charge in [-0.1, -0.05) is 6.07 Å². The van der Waals surface area contributed by atoms with Gasteiger partial charge in [0.25, 0.3) is 0 Å². The number of thiophene rings is 2. The Morgan fingerprint density at radius 1 is 1.06 bits per heavy atom. The van der Waals surface area contributed by atoms with Gasteiger partial charge in [0, 0.05) is 60.4 Å². The number of nitrogens with one attached hydrogen (secondary N) is 1. The second-order valence-corrected chi connectivity index (χ2v) is 11.3. The predicted octanol–water partition coefficient (Wildman–Crippen LogP) is 5.09. The minimum absolute atomic E-state index is 0.343. The summed E-state index contributed by atoms with van der Waals surface area (Å²) in [6.07, 6.45) is 8.48. The summed E-state index contributed by atoms with van der Waals surface area (Å²) in [5, 5.41) is 7.25. The van der Waals surface area contributed by atoms with Gasteiger partial charge in [0.2, 0.25) is 0 Å². The van der Waals surface area contributed by atoms with E-state index in [2.05, 4.69) is 44.7 Å². The van der Waals surface area contributed by atoms with E-state index < -0.39 is 0 Å². The Hall–Kier alpha value is -2.39. The molecule has 0 aromatic carbocycles. The molecule has 0 spiro atoms. The fourth-order valence-electron chi connectivity index (χ4n) is 5.13. The molecular formula is C26H30N6S2. The summed E-state index contributed by atoms with van der Waals surface area (Å²) in [6, 6.07) is 8.79. The molecule has 1 aliphatic heterocycles. The summed E-state index contributed by atoms with van der Waals surface area (Å²) in [5.74, 6) is 1.74. The molecule has 1 saturated heterocycles. The molecule has 176 valence electrons. The van der Waals surface area contributed by atoms with Crippen LogP contribution in [-0.2, 0) is 12.8 Å². The van der Waals surface area contributed by atoms with E-state index in [4.69, 9.17) is 9.97 Å². The van der Waals surface area contributed by atoms with Crippen LogP contribution in [0.4, 0.5) is 5.82 Å². The van der Waals surface area contributed by atoms with Crippen molar-refractivity contribution in [1.82, 2.24) is 24.8 Å². The van der Waals surface area contributed by atoms with Gasteiger partial charge < -0.3 is 10.2 Å². The van der Waals surface area contributed by atoms with E-state index in [1.807, 2.05) is 41.0 Å². The topological polar surface area (TPSA) is 57.2 Å². The second kappa shape index (κ2) is 9.70. The first-order valence-corrected chi connectivity index (χ1v) is 13.9. The van der Waals surface area contributed by atoms with Gasteiger partial charge in [-0.25, -0.2) is 9.97 Å². The number of hydrogen-bond acceptors (Lipinski definition) is 8. The van der Waals surface area contributed by atoms with Gasteiger partial charge in [0.05, 0.1) is 11.4 Å². The normalized spacial score (nSPS) is 18.1. The molecule has 6 nitrogen and oxygen atoms in total. The van der Waals surface area contributed by atoms with Gasteiger partial charge in [-0.15, -0.1) is 22.7 Å². The lowest BCUT2D eigenvalue weighted by atomic mass is 9.97. The summed E-state index contributed by atoms with van der Waals surface area (Å²) in [7, 11) is 2.22. The van der Waals surface area contributed by atoms with Crippen molar-refractivity contribution in [2.24, 2.45) is 0 Å². The lowest BCUT2D eigenvalue weighted by molar-refractivity contribution is 0.118. The van der Waals surface area contributed by atoms with E-state index >= 15 is 0 Å². The number of fused-ring (bicyclic) bond motifs is 3. The molecule has 8 heteroatoms. The Bertz CT molecular complexity index is 1250. The van der Waals surface area contributed by atoms with Gasteiger partial charge >= 0.3 is 0 Å².